The molecule has 1 aromatic carbocycles. The van der Waals surface area contributed by atoms with Gasteiger partial charge in [0.2, 0.25) is 17.2 Å². The number of nitrogens with one attached hydrogen (secondary N) is 3. The van der Waals surface area contributed by atoms with Gasteiger partial charge < -0.3 is 44.7 Å². The summed E-state index contributed by atoms with van der Waals surface area (Å²) in [4.78, 5) is 80.8. The average molecular weight is 774 g/mol. The molecule has 0 saturated carbocycles. The van der Waals surface area contributed by atoms with Crippen LogP contribution in [-0.2, 0) is 21.4 Å². The Balaban J connectivity index is 1.33. The number of fused-ring (bicyclic) bond motifs is 5. The number of aromatic nitrogens is 4. The molecule has 16 nitrogen and oxygen atoms in total. The number of benzene rings is 1. The highest BCUT2D eigenvalue weighted by Crippen LogP contribution is 2.47. The molecule has 7 rings (SSSR count). The van der Waals surface area contributed by atoms with Crippen molar-refractivity contribution >= 4 is 68.2 Å². The Hall–Kier alpha value is -6.17. The largest absolute Gasteiger partial charge is 0.477 e. The summed E-state index contributed by atoms with van der Waals surface area (Å²) in [5.74, 6) is -4.85. The Morgan fingerprint density at radius 3 is 2.52 bits per heavy atom. The number of hydrogen-bond donors (Lipinski definition) is 4. The fourth-order valence-electron chi connectivity index (χ4n) is 7.77. The summed E-state index contributed by atoms with van der Waals surface area (Å²) in [7, 11) is 4.96. The van der Waals surface area contributed by atoms with E-state index in [0.29, 0.717) is 29.9 Å². The van der Waals surface area contributed by atoms with Gasteiger partial charge in [-0.1, -0.05) is 0 Å². The summed E-state index contributed by atoms with van der Waals surface area (Å²) in [6.07, 6.45) is 4.31. The van der Waals surface area contributed by atoms with Crippen molar-refractivity contribution < 1.29 is 37.8 Å². The van der Waals surface area contributed by atoms with Gasteiger partial charge in [-0.25, -0.2) is 28.3 Å². The van der Waals surface area contributed by atoms with Gasteiger partial charge in [-0.05, 0) is 46.2 Å². The number of aromatic carboxylic acids is 1. The number of nitrogens with zero attached hydrogens (tertiary/aromatic N) is 6. The molecule has 56 heavy (non-hydrogen) atoms. The number of carboxylic acids is 1. The van der Waals surface area contributed by atoms with E-state index in [9.17, 15) is 29.1 Å². The number of carbonyl (C=O) groups is 4. The molecule has 2 aliphatic heterocycles. The van der Waals surface area contributed by atoms with Crippen molar-refractivity contribution in [1.29, 1.82) is 0 Å². The highest BCUT2D eigenvalue weighted by Gasteiger charge is 2.42. The quantitative estimate of drug-likeness (QED) is 0.181. The molecule has 18 heteroatoms. The van der Waals surface area contributed by atoms with E-state index >= 15 is 8.78 Å². The summed E-state index contributed by atoms with van der Waals surface area (Å²) in [5, 5.41) is 14.6. The van der Waals surface area contributed by atoms with Crippen LogP contribution in [0.25, 0.3) is 44.1 Å². The Morgan fingerprint density at radius 1 is 1.05 bits per heavy atom. The van der Waals surface area contributed by atoms with Crippen LogP contribution in [0.3, 0.4) is 0 Å². The number of halogens is 2. The number of amides is 3. The van der Waals surface area contributed by atoms with Crippen molar-refractivity contribution in [2.24, 2.45) is 13.0 Å². The molecule has 6 heterocycles. The summed E-state index contributed by atoms with van der Waals surface area (Å²) >= 11 is 0. The molecule has 0 aliphatic carbocycles. The number of hydrogen-bond acceptors (Lipinski definition) is 10. The van der Waals surface area contributed by atoms with Gasteiger partial charge in [0.15, 0.2) is 11.6 Å². The topological polar surface area (TPSA) is 195 Å². The first-order valence-electron chi connectivity index (χ1n) is 17.9. The van der Waals surface area contributed by atoms with Crippen LogP contribution in [0.1, 0.15) is 37.6 Å². The van der Waals surface area contributed by atoms with Crippen molar-refractivity contribution in [2.75, 3.05) is 56.6 Å². The number of aryl methyl sites for hydroxylation is 1. The Morgan fingerprint density at radius 2 is 1.80 bits per heavy atom. The molecule has 2 fully saturated rings. The van der Waals surface area contributed by atoms with Gasteiger partial charge in [0.25, 0.3) is 0 Å². The average Bonchev–Trinajstić information content (AvgIpc) is 3.83. The molecule has 3 amide bonds. The minimum Gasteiger partial charge on any atom is -0.477 e. The molecule has 4 aromatic heterocycles. The zero-order chi connectivity index (χ0) is 40.4. The molecule has 2 aliphatic rings. The van der Waals surface area contributed by atoms with E-state index in [1.165, 1.54) is 24.0 Å². The van der Waals surface area contributed by atoms with Gasteiger partial charge in [0, 0.05) is 75.6 Å². The summed E-state index contributed by atoms with van der Waals surface area (Å²) in [6.45, 7) is 6.15. The van der Waals surface area contributed by atoms with Crippen LogP contribution < -0.4 is 25.9 Å². The predicted octanol–water partition coefficient (Wildman–Crippen LogP) is 3.35. The first-order chi connectivity index (χ1) is 26.4. The summed E-state index contributed by atoms with van der Waals surface area (Å²) in [6, 6.07) is 2.43. The second-order valence-electron chi connectivity index (χ2n) is 15.3. The molecule has 5 aromatic rings. The highest BCUT2D eigenvalue weighted by molar-refractivity contribution is 6.19. The number of rotatable bonds is 8. The summed E-state index contributed by atoms with van der Waals surface area (Å²) < 4.78 is 38.6. The number of carbonyl (C=O) groups excluding carboxylic acids is 3. The number of H-pyrrole nitrogens is 1. The lowest BCUT2D eigenvalue weighted by Gasteiger charge is -2.29. The standard InChI is InChI=1S/C38H41F2N9O7/c1-38(2,3)56-37(55)44-13-26(50)41-14-27(51)48(6)24-10-23(39)30(40)28-29-32(49-8-7-18-15-46(4)17-25(18)49)21(12-42-34(29)45-31(24)28)19-9-20-33(52)22(36(53)54)16-47(5)35(20)43-11-19/h9-12,16,18,25H,7-8,13-15,17H2,1-6H3,(H,41,50)(H,42,45)(H,44,55)(H,53,54). The number of pyridine rings is 3. The third kappa shape index (κ3) is 6.84. The zero-order valence-corrected chi connectivity index (χ0v) is 31.6. The van der Waals surface area contributed by atoms with E-state index < -0.39 is 65.2 Å². The van der Waals surface area contributed by atoms with Crippen LogP contribution >= 0.6 is 0 Å². The van der Waals surface area contributed by atoms with Crippen molar-refractivity contribution in [1.82, 2.24) is 35.1 Å². The van der Waals surface area contributed by atoms with Crippen LogP contribution in [0, 0.1) is 17.6 Å². The van der Waals surface area contributed by atoms with Crippen LogP contribution in [0.5, 0.6) is 0 Å². The Labute approximate surface area is 318 Å². The molecule has 0 bridgehead atoms. The lowest BCUT2D eigenvalue weighted by atomic mass is 9.99. The monoisotopic (exact) mass is 773 g/mol. The van der Waals surface area contributed by atoms with Gasteiger partial charge in [-0.2, -0.15) is 0 Å². The highest BCUT2D eigenvalue weighted by atomic mass is 19.2. The zero-order valence-electron chi connectivity index (χ0n) is 31.6. The first kappa shape index (κ1) is 38.1. The molecule has 0 radical (unpaired) electrons. The molecule has 2 saturated heterocycles. The third-order valence-electron chi connectivity index (χ3n) is 10.3. The number of likely N-dealkylation sites (tertiary alicyclic amines) is 1. The number of ether oxygens (including phenoxy) is 1. The lowest BCUT2D eigenvalue weighted by molar-refractivity contribution is -0.124. The van der Waals surface area contributed by atoms with Crippen molar-refractivity contribution in [3.05, 3.63) is 58.1 Å². The molecule has 0 spiro atoms. The van der Waals surface area contributed by atoms with Gasteiger partial charge >= 0.3 is 12.1 Å². The maximum atomic E-state index is 16.3. The minimum absolute atomic E-state index is 0.00274. The van der Waals surface area contributed by atoms with Crippen molar-refractivity contribution in [3.63, 3.8) is 0 Å². The molecule has 4 N–H and O–H groups in total. The van der Waals surface area contributed by atoms with E-state index in [4.69, 9.17) is 4.74 Å². The van der Waals surface area contributed by atoms with Crippen molar-refractivity contribution in [2.45, 2.75) is 38.8 Å². The molecule has 294 valence electrons. The van der Waals surface area contributed by atoms with Crippen LogP contribution in [0.4, 0.5) is 25.0 Å². The second kappa shape index (κ2) is 14.2. The van der Waals surface area contributed by atoms with E-state index in [2.05, 4.69) is 35.4 Å². The number of carboxylic acid groups (broad SMARTS) is 1. The Bertz CT molecular complexity index is 2530. The summed E-state index contributed by atoms with van der Waals surface area (Å²) in [5.41, 5.74) is -0.0155. The van der Waals surface area contributed by atoms with E-state index in [1.54, 1.807) is 40.1 Å². The first-order valence-corrected chi connectivity index (χ1v) is 17.9. The van der Waals surface area contributed by atoms with Gasteiger partial charge in [0.05, 0.1) is 39.6 Å². The fourth-order valence-corrected chi connectivity index (χ4v) is 7.77. The molecule has 2 unspecified atom stereocenters. The fraction of sp³-hybridized carbons (Fsp3) is 0.395. The van der Waals surface area contributed by atoms with E-state index in [0.717, 1.165) is 23.9 Å². The number of alkyl carbamates (subject to hydrolysis) is 1. The maximum absolute atomic E-state index is 16.3. The molecular weight excluding hydrogens is 732 g/mol. The number of aromatic amines is 1. The SMILES string of the molecule is CN1CC2CCN(c3c(-c4cnc5c(c4)c(=O)c(C(=O)O)cn5C)cnc4[nH]c5c(N(C)C(=O)CNC(=O)CNC(=O)OC(C)(C)C)cc(F)c(F)c5c34)C2C1. The minimum atomic E-state index is -1.39. The third-order valence-corrected chi connectivity index (χ3v) is 10.3. The molecule has 2 atom stereocenters. The maximum Gasteiger partial charge on any atom is 0.408 e. The molecular formula is C38H41F2N9O7. The normalized spacial score (nSPS) is 17.1. The van der Waals surface area contributed by atoms with E-state index in [-0.39, 0.29) is 50.6 Å². The van der Waals surface area contributed by atoms with Crippen LogP contribution in [0.2, 0.25) is 0 Å². The van der Waals surface area contributed by atoms with Crippen LogP contribution in [0.15, 0.2) is 35.5 Å². The van der Waals surface area contributed by atoms with Gasteiger partial charge in [0.1, 0.15) is 29.0 Å². The lowest BCUT2D eigenvalue weighted by Crippen LogP contribution is -2.43. The van der Waals surface area contributed by atoms with Gasteiger partial charge in [-0.3, -0.25) is 14.4 Å². The second-order valence-corrected chi connectivity index (χ2v) is 15.3. The van der Waals surface area contributed by atoms with Crippen LogP contribution in [-0.4, -0.2) is 112 Å². The van der Waals surface area contributed by atoms with Crippen molar-refractivity contribution in [3.8, 4) is 11.1 Å². The number of likely N-dealkylation sites (N-methyl/N-ethyl adjacent to an activating group) is 2. The smallest absolute Gasteiger partial charge is 0.408 e. The predicted molar refractivity (Wildman–Crippen MR) is 204 cm³/mol. The Kier molecular flexibility index (Phi) is 9.64. The van der Waals surface area contributed by atoms with E-state index in [1.807, 2.05) is 7.05 Å². The number of anilines is 2. The van der Waals surface area contributed by atoms with Gasteiger partial charge in [-0.15, -0.1) is 0 Å².